The molecule has 1 atom stereocenters. The third-order valence-corrected chi connectivity index (χ3v) is 4.75. The molecule has 2 heterocycles. The van der Waals surface area contributed by atoms with Crippen LogP contribution in [0.15, 0.2) is 24.3 Å². The van der Waals surface area contributed by atoms with Crippen LogP contribution in [0.3, 0.4) is 0 Å². The number of hydrogen-bond donors (Lipinski definition) is 1. The number of amides is 1. The van der Waals surface area contributed by atoms with E-state index in [2.05, 4.69) is 15.5 Å². The molecule has 2 aromatic rings. The van der Waals surface area contributed by atoms with Gasteiger partial charge in [-0.15, -0.1) is 5.10 Å². The molecule has 27 heavy (non-hydrogen) atoms. The van der Waals surface area contributed by atoms with E-state index in [0.717, 1.165) is 5.56 Å². The molecule has 1 N–H and O–H groups in total. The highest BCUT2D eigenvalue weighted by Gasteiger charge is 2.43. The predicted octanol–water partition coefficient (Wildman–Crippen LogP) is 1.31. The molecular weight excluding hydrogens is 350 g/mol. The van der Waals surface area contributed by atoms with Gasteiger partial charge in [0.2, 0.25) is 0 Å². The second-order valence-corrected chi connectivity index (χ2v) is 6.79. The Hall–Kier alpha value is -3.23. The van der Waals surface area contributed by atoms with E-state index in [-0.39, 0.29) is 18.1 Å². The van der Waals surface area contributed by atoms with Gasteiger partial charge in [0.15, 0.2) is 5.82 Å². The van der Waals surface area contributed by atoms with Crippen molar-refractivity contribution in [3.63, 3.8) is 0 Å². The number of methoxy groups -OCH3 is 1. The number of aromatic nitrogens is 4. The monoisotopic (exact) mass is 371 g/mol. The standard InChI is InChI=1S/C18H21N5O4/c1-12-19-20-21-23(12)15(10-13-5-4-6-14(9-13)27-3)16(24)22-8-7-18(2,11-22)17(25)26/h4-6,9-10H,7-8,11H2,1-3H3,(H,25,26)/b15-10-. The minimum Gasteiger partial charge on any atom is -0.497 e. The van der Waals surface area contributed by atoms with Gasteiger partial charge in [-0.05, 0) is 54.5 Å². The molecule has 0 aliphatic carbocycles. The first-order valence-electron chi connectivity index (χ1n) is 8.48. The van der Waals surface area contributed by atoms with Crippen LogP contribution >= 0.6 is 0 Å². The first kappa shape index (κ1) is 18.6. The van der Waals surface area contributed by atoms with Crippen molar-refractivity contribution in [1.82, 2.24) is 25.1 Å². The van der Waals surface area contributed by atoms with Gasteiger partial charge in [0.1, 0.15) is 11.4 Å². The number of aliphatic carboxylic acids is 1. The summed E-state index contributed by atoms with van der Waals surface area (Å²) in [6.07, 6.45) is 2.07. The zero-order valence-electron chi connectivity index (χ0n) is 15.4. The summed E-state index contributed by atoms with van der Waals surface area (Å²) < 4.78 is 6.59. The number of ether oxygens (including phenoxy) is 1. The second kappa shape index (κ2) is 7.18. The van der Waals surface area contributed by atoms with Gasteiger partial charge in [-0.25, -0.2) is 0 Å². The van der Waals surface area contributed by atoms with E-state index in [9.17, 15) is 14.7 Å². The molecule has 3 rings (SSSR count). The molecule has 9 heteroatoms. The van der Waals surface area contributed by atoms with Crippen molar-refractivity contribution >= 4 is 23.6 Å². The molecule has 0 saturated carbocycles. The third-order valence-electron chi connectivity index (χ3n) is 4.75. The highest BCUT2D eigenvalue weighted by Crippen LogP contribution is 2.31. The summed E-state index contributed by atoms with van der Waals surface area (Å²) in [5.41, 5.74) is 0.0417. The number of likely N-dealkylation sites (tertiary alicyclic amines) is 1. The van der Waals surface area contributed by atoms with E-state index in [1.54, 1.807) is 39.2 Å². The lowest BCUT2D eigenvalue weighted by Crippen LogP contribution is -2.36. The molecular formula is C18H21N5O4. The molecule has 0 radical (unpaired) electrons. The third kappa shape index (κ3) is 3.67. The highest BCUT2D eigenvalue weighted by molar-refractivity contribution is 6.18. The summed E-state index contributed by atoms with van der Waals surface area (Å²) in [7, 11) is 1.57. The van der Waals surface area contributed by atoms with Gasteiger partial charge in [0.25, 0.3) is 5.91 Å². The summed E-state index contributed by atoms with van der Waals surface area (Å²) in [6, 6.07) is 7.25. The number of nitrogens with zero attached hydrogens (tertiary/aromatic N) is 5. The fourth-order valence-electron chi connectivity index (χ4n) is 3.03. The first-order valence-corrected chi connectivity index (χ1v) is 8.48. The number of tetrazole rings is 1. The maximum Gasteiger partial charge on any atom is 0.311 e. The molecule has 1 unspecified atom stereocenters. The van der Waals surface area contributed by atoms with E-state index in [0.29, 0.717) is 24.5 Å². The molecule has 0 spiro atoms. The Bertz CT molecular complexity index is 907. The van der Waals surface area contributed by atoms with Crippen molar-refractivity contribution in [2.24, 2.45) is 5.41 Å². The van der Waals surface area contributed by atoms with Gasteiger partial charge >= 0.3 is 5.97 Å². The average molecular weight is 371 g/mol. The summed E-state index contributed by atoms with van der Waals surface area (Å²) in [5.74, 6) is -0.116. The van der Waals surface area contributed by atoms with Crippen molar-refractivity contribution in [1.29, 1.82) is 0 Å². The van der Waals surface area contributed by atoms with Gasteiger partial charge in [0, 0.05) is 13.1 Å². The molecule has 1 aromatic heterocycles. The maximum absolute atomic E-state index is 13.2. The Labute approximate surface area is 156 Å². The quantitative estimate of drug-likeness (QED) is 0.789. The Morgan fingerprint density at radius 1 is 1.37 bits per heavy atom. The molecule has 1 aliphatic heterocycles. The SMILES string of the molecule is COc1cccc(/C=C(/C(=O)N2CCC(C)(C(=O)O)C2)n2nnnc2C)c1. The van der Waals surface area contributed by atoms with Crippen LogP contribution in [0.25, 0.3) is 11.8 Å². The van der Waals surface area contributed by atoms with E-state index < -0.39 is 11.4 Å². The Morgan fingerprint density at radius 2 is 2.15 bits per heavy atom. The topological polar surface area (TPSA) is 110 Å². The molecule has 1 saturated heterocycles. The molecule has 9 nitrogen and oxygen atoms in total. The number of aryl methyl sites for hydroxylation is 1. The lowest BCUT2D eigenvalue weighted by Gasteiger charge is -2.21. The van der Waals surface area contributed by atoms with Crippen LogP contribution in [0.2, 0.25) is 0 Å². The van der Waals surface area contributed by atoms with E-state index in [1.807, 2.05) is 12.1 Å². The summed E-state index contributed by atoms with van der Waals surface area (Å²) in [4.78, 5) is 26.2. The summed E-state index contributed by atoms with van der Waals surface area (Å²) in [6.45, 7) is 3.84. The molecule has 1 aromatic carbocycles. The van der Waals surface area contributed by atoms with Crippen molar-refractivity contribution in [3.8, 4) is 5.75 Å². The maximum atomic E-state index is 13.2. The van der Waals surface area contributed by atoms with E-state index in [1.165, 1.54) is 9.58 Å². The largest absolute Gasteiger partial charge is 0.497 e. The van der Waals surface area contributed by atoms with E-state index in [4.69, 9.17) is 4.74 Å². The van der Waals surface area contributed by atoms with Crippen molar-refractivity contribution < 1.29 is 19.4 Å². The predicted molar refractivity (Wildman–Crippen MR) is 96.7 cm³/mol. The van der Waals surface area contributed by atoms with Crippen LogP contribution in [-0.2, 0) is 9.59 Å². The van der Waals surface area contributed by atoms with Gasteiger partial charge in [-0.2, -0.15) is 4.68 Å². The number of carboxylic acid groups (broad SMARTS) is 1. The molecule has 142 valence electrons. The Kier molecular flexibility index (Phi) is 4.93. The summed E-state index contributed by atoms with van der Waals surface area (Å²) in [5, 5.41) is 20.8. The van der Waals surface area contributed by atoms with Crippen molar-refractivity contribution in [2.75, 3.05) is 20.2 Å². The van der Waals surface area contributed by atoms with Crippen LogP contribution in [0, 0.1) is 12.3 Å². The van der Waals surface area contributed by atoms with Gasteiger partial charge in [-0.3, -0.25) is 9.59 Å². The summed E-state index contributed by atoms with van der Waals surface area (Å²) >= 11 is 0. The van der Waals surface area contributed by atoms with Crippen molar-refractivity contribution in [2.45, 2.75) is 20.3 Å². The Balaban J connectivity index is 1.98. The molecule has 0 bridgehead atoms. The number of carbonyl (C=O) groups excluding carboxylic acids is 1. The van der Waals surface area contributed by atoms with Crippen molar-refractivity contribution in [3.05, 3.63) is 35.7 Å². The molecule has 1 aliphatic rings. The number of benzene rings is 1. The van der Waals surface area contributed by atoms with Gasteiger partial charge in [-0.1, -0.05) is 12.1 Å². The zero-order valence-corrected chi connectivity index (χ0v) is 15.4. The fourth-order valence-corrected chi connectivity index (χ4v) is 3.03. The lowest BCUT2D eigenvalue weighted by atomic mass is 9.90. The highest BCUT2D eigenvalue weighted by atomic mass is 16.5. The van der Waals surface area contributed by atoms with Gasteiger partial charge in [0.05, 0.1) is 12.5 Å². The number of carbonyl (C=O) groups is 2. The zero-order chi connectivity index (χ0) is 19.6. The van der Waals surface area contributed by atoms with Crippen LogP contribution in [0.5, 0.6) is 5.75 Å². The fraction of sp³-hybridized carbons (Fsp3) is 0.389. The molecule has 1 amide bonds. The van der Waals surface area contributed by atoms with Crippen LogP contribution in [0.4, 0.5) is 0 Å². The minimum atomic E-state index is -0.952. The first-order chi connectivity index (χ1) is 12.8. The van der Waals surface area contributed by atoms with Crippen LogP contribution < -0.4 is 4.74 Å². The lowest BCUT2D eigenvalue weighted by molar-refractivity contribution is -0.147. The molecule has 1 fully saturated rings. The Morgan fingerprint density at radius 3 is 2.74 bits per heavy atom. The van der Waals surface area contributed by atoms with E-state index >= 15 is 0 Å². The van der Waals surface area contributed by atoms with Crippen LogP contribution in [0.1, 0.15) is 24.7 Å². The van der Waals surface area contributed by atoms with Gasteiger partial charge < -0.3 is 14.7 Å². The second-order valence-electron chi connectivity index (χ2n) is 6.79. The van der Waals surface area contributed by atoms with Crippen LogP contribution in [-0.4, -0.2) is 62.3 Å². The minimum absolute atomic E-state index is 0.137. The number of rotatable bonds is 5. The normalized spacial score (nSPS) is 20.0. The number of hydrogen-bond acceptors (Lipinski definition) is 6. The smallest absolute Gasteiger partial charge is 0.311 e. The number of carboxylic acids is 1. The average Bonchev–Trinajstić information content (AvgIpc) is 3.26.